The third-order valence-corrected chi connectivity index (χ3v) is 3.93. The molecule has 1 aromatic carbocycles. The first kappa shape index (κ1) is 15.8. The Hall–Kier alpha value is -1.63. The van der Waals surface area contributed by atoms with E-state index in [2.05, 4.69) is 21.2 Å². The molecule has 1 fully saturated rings. The van der Waals surface area contributed by atoms with Crippen LogP contribution < -0.4 is 5.32 Å². The number of nitrogens with one attached hydrogen (secondary N) is 1. The Bertz CT molecular complexity index is 545. The Morgan fingerprint density at radius 2 is 1.86 bits per heavy atom. The summed E-state index contributed by atoms with van der Waals surface area (Å²) in [5, 5.41) is 2.80. The minimum atomic E-state index is -0.404. The summed E-state index contributed by atoms with van der Waals surface area (Å²) in [6.07, 6.45) is 0. The van der Waals surface area contributed by atoms with Crippen molar-refractivity contribution < 1.29 is 14.0 Å². The predicted octanol–water partition coefficient (Wildman–Crippen LogP) is 1.69. The van der Waals surface area contributed by atoms with Gasteiger partial charge in [0, 0.05) is 37.6 Å². The number of piperazine rings is 1. The molecule has 0 spiro atoms. The van der Waals surface area contributed by atoms with E-state index in [1.165, 1.54) is 13.0 Å². The van der Waals surface area contributed by atoms with Gasteiger partial charge in [0.2, 0.25) is 11.8 Å². The lowest BCUT2D eigenvalue weighted by atomic mass is 10.3. The zero-order chi connectivity index (χ0) is 15.4. The molecular formula is C14H17BrFN3O2. The molecular weight excluding hydrogens is 341 g/mol. The molecule has 1 saturated heterocycles. The first-order valence-corrected chi connectivity index (χ1v) is 7.49. The number of hydrogen-bond donors (Lipinski definition) is 1. The number of nitrogens with zero attached hydrogens (tertiary/aromatic N) is 2. The summed E-state index contributed by atoms with van der Waals surface area (Å²) in [4.78, 5) is 26.7. The van der Waals surface area contributed by atoms with Crippen LogP contribution in [0.15, 0.2) is 22.7 Å². The molecule has 7 heteroatoms. The molecule has 0 bridgehead atoms. The molecule has 114 valence electrons. The van der Waals surface area contributed by atoms with Gasteiger partial charge in [0.15, 0.2) is 0 Å². The first-order chi connectivity index (χ1) is 9.97. The molecule has 1 aliphatic rings. The molecule has 0 atom stereocenters. The molecule has 2 rings (SSSR count). The summed E-state index contributed by atoms with van der Waals surface area (Å²) < 4.78 is 14.3. The minimum Gasteiger partial charge on any atom is -0.374 e. The SMILES string of the molecule is CC(=O)N1CCN(C(=O)CNc2ccc(Br)cc2F)CC1. The minimum absolute atomic E-state index is 0.0251. The van der Waals surface area contributed by atoms with Crippen LogP contribution in [-0.2, 0) is 9.59 Å². The van der Waals surface area contributed by atoms with Gasteiger partial charge < -0.3 is 15.1 Å². The summed E-state index contributed by atoms with van der Waals surface area (Å²) in [5.41, 5.74) is 0.300. The third-order valence-electron chi connectivity index (χ3n) is 3.44. The molecule has 2 amide bonds. The molecule has 0 aliphatic carbocycles. The van der Waals surface area contributed by atoms with Gasteiger partial charge in [-0.2, -0.15) is 0 Å². The molecule has 1 heterocycles. The molecule has 1 aromatic rings. The molecule has 0 aromatic heterocycles. The lowest BCUT2D eigenvalue weighted by Crippen LogP contribution is -2.51. The summed E-state index contributed by atoms with van der Waals surface area (Å²) in [5.74, 6) is -0.476. The molecule has 0 saturated carbocycles. The van der Waals surface area contributed by atoms with Gasteiger partial charge in [0.25, 0.3) is 0 Å². The van der Waals surface area contributed by atoms with Crippen molar-refractivity contribution in [3.05, 3.63) is 28.5 Å². The van der Waals surface area contributed by atoms with Crippen molar-refractivity contribution in [2.45, 2.75) is 6.92 Å². The second-order valence-electron chi connectivity index (χ2n) is 4.86. The largest absolute Gasteiger partial charge is 0.374 e. The van der Waals surface area contributed by atoms with Crippen LogP contribution in [0.25, 0.3) is 0 Å². The van der Waals surface area contributed by atoms with Crippen LogP contribution in [0.3, 0.4) is 0 Å². The van der Waals surface area contributed by atoms with Crippen LogP contribution in [0, 0.1) is 5.82 Å². The molecule has 1 N–H and O–H groups in total. The Kier molecular flexibility index (Phi) is 5.17. The number of benzene rings is 1. The van der Waals surface area contributed by atoms with Gasteiger partial charge in [-0.15, -0.1) is 0 Å². The zero-order valence-corrected chi connectivity index (χ0v) is 13.3. The van der Waals surface area contributed by atoms with Gasteiger partial charge in [-0.25, -0.2) is 4.39 Å². The van der Waals surface area contributed by atoms with Crippen LogP contribution >= 0.6 is 15.9 Å². The van der Waals surface area contributed by atoms with Crippen LogP contribution in [0.2, 0.25) is 0 Å². The highest BCUT2D eigenvalue weighted by Gasteiger charge is 2.22. The molecule has 21 heavy (non-hydrogen) atoms. The number of halogens is 2. The van der Waals surface area contributed by atoms with E-state index in [1.54, 1.807) is 21.9 Å². The molecule has 0 unspecified atom stereocenters. The normalized spacial score (nSPS) is 15.0. The van der Waals surface area contributed by atoms with Crippen molar-refractivity contribution in [3.8, 4) is 0 Å². The van der Waals surface area contributed by atoms with Crippen molar-refractivity contribution in [1.82, 2.24) is 9.80 Å². The van der Waals surface area contributed by atoms with Crippen LogP contribution in [0.1, 0.15) is 6.92 Å². The van der Waals surface area contributed by atoms with Gasteiger partial charge in [-0.05, 0) is 18.2 Å². The molecule has 5 nitrogen and oxygen atoms in total. The zero-order valence-electron chi connectivity index (χ0n) is 11.7. The van der Waals surface area contributed by atoms with Gasteiger partial charge in [0.05, 0.1) is 12.2 Å². The Morgan fingerprint density at radius 1 is 1.24 bits per heavy atom. The second kappa shape index (κ2) is 6.89. The van der Waals surface area contributed by atoms with E-state index in [0.717, 1.165) is 0 Å². The summed E-state index contributed by atoms with van der Waals surface area (Å²) in [7, 11) is 0. The Balaban J connectivity index is 1.84. The number of anilines is 1. The van der Waals surface area contributed by atoms with E-state index < -0.39 is 5.82 Å². The number of amides is 2. The second-order valence-corrected chi connectivity index (χ2v) is 5.78. The highest BCUT2D eigenvalue weighted by molar-refractivity contribution is 9.10. The summed E-state index contributed by atoms with van der Waals surface area (Å²) >= 11 is 3.18. The van der Waals surface area contributed by atoms with Crippen LogP contribution in [0.5, 0.6) is 0 Å². The van der Waals surface area contributed by atoms with Gasteiger partial charge >= 0.3 is 0 Å². The highest BCUT2D eigenvalue weighted by Crippen LogP contribution is 2.19. The van der Waals surface area contributed by atoms with Crippen molar-refractivity contribution in [2.24, 2.45) is 0 Å². The maximum absolute atomic E-state index is 13.6. The van der Waals surface area contributed by atoms with Crippen molar-refractivity contribution >= 4 is 33.4 Å². The fraction of sp³-hybridized carbons (Fsp3) is 0.429. The van der Waals surface area contributed by atoms with E-state index in [4.69, 9.17) is 0 Å². The molecule has 1 aliphatic heterocycles. The number of carbonyl (C=O) groups is 2. The lowest BCUT2D eigenvalue weighted by molar-refractivity contribution is -0.137. The summed E-state index contributed by atoms with van der Waals surface area (Å²) in [6, 6.07) is 4.64. The van der Waals surface area contributed by atoms with Crippen LogP contribution in [-0.4, -0.2) is 54.3 Å². The van der Waals surface area contributed by atoms with E-state index in [-0.39, 0.29) is 18.4 Å². The molecule has 0 radical (unpaired) electrons. The smallest absolute Gasteiger partial charge is 0.241 e. The number of carbonyl (C=O) groups excluding carboxylic acids is 2. The topological polar surface area (TPSA) is 52.7 Å². The van der Waals surface area contributed by atoms with E-state index in [9.17, 15) is 14.0 Å². The van der Waals surface area contributed by atoms with Gasteiger partial charge in [-0.3, -0.25) is 9.59 Å². The third kappa shape index (κ3) is 4.17. The van der Waals surface area contributed by atoms with Crippen molar-refractivity contribution in [3.63, 3.8) is 0 Å². The van der Waals surface area contributed by atoms with Crippen molar-refractivity contribution in [1.29, 1.82) is 0 Å². The number of hydrogen-bond acceptors (Lipinski definition) is 3. The average molecular weight is 358 g/mol. The van der Waals surface area contributed by atoms with E-state index in [0.29, 0.717) is 36.3 Å². The maximum Gasteiger partial charge on any atom is 0.241 e. The standard InChI is InChI=1S/C14H17BrFN3O2/c1-10(20)18-4-6-19(7-5-18)14(21)9-17-13-3-2-11(15)8-12(13)16/h2-3,8,17H,4-7,9H2,1H3. The maximum atomic E-state index is 13.6. The summed E-state index contributed by atoms with van der Waals surface area (Å²) in [6.45, 7) is 3.70. The highest BCUT2D eigenvalue weighted by atomic mass is 79.9. The van der Waals surface area contributed by atoms with Gasteiger partial charge in [-0.1, -0.05) is 15.9 Å². The lowest BCUT2D eigenvalue weighted by Gasteiger charge is -2.34. The van der Waals surface area contributed by atoms with Crippen LogP contribution in [0.4, 0.5) is 10.1 Å². The monoisotopic (exact) mass is 357 g/mol. The van der Waals surface area contributed by atoms with E-state index in [1.807, 2.05) is 0 Å². The fourth-order valence-corrected chi connectivity index (χ4v) is 2.52. The average Bonchev–Trinajstić information content (AvgIpc) is 2.46. The van der Waals surface area contributed by atoms with Gasteiger partial charge in [0.1, 0.15) is 5.82 Å². The van der Waals surface area contributed by atoms with Crippen molar-refractivity contribution in [2.75, 3.05) is 38.0 Å². The first-order valence-electron chi connectivity index (χ1n) is 6.69. The Labute approximate surface area is 131 Å². The predicted molar refractivity (Wildman–Crippen MR) is 81.4 cm³/mol. The van der Waals surface area contributed by atoms with E-state index >= 15 is 0 Å². The number of rotatable bonds is 3. The Morgan fingerprint density at radius 3 is 2.43 bits per heavy atom. The fourth-order valence-electron chi connectivity index (χ4n) is 2.19. The quantitative estimate of drug-likeness (QED) is 0.895.